The van der Waals surface area contributed by atoms with E-state index in [2.05, 4.69) is 19.1 Å². The summed E-state index contributed by atoms with van der Waals surface area (Å²) in [7, 11) is 0. The largest absolute Gasteiger partial charge is 0.383 e. The van der Waals surface area contributed by atoms with Crippen molar-refractivity contribution in [1.29, 1.82) is 0 Å². The average Bonchev–Trinajstić information content (AvgIpc) is 2.59. The molecule has 3 heteroatoms. The molecule has 0 bridgehead atoms. The summed E-state index contributed by atoms with van der Waals surface area (Å²) in [5.41, 5.74) is -0.510. The van der Waals surface area contributed by atoms with Crippen molar-refractivity contribution in [2.24, 2.45) is 0 Å². The van der Waals surface area contributed by atoms with Crippen LogP contribution in [-0.4, -0.2) is 16.6 Å². The number of hydrogen-bond donors (Lipinski definition) is 1. The third-order valence-corrected chi connectivity index (χ3v) is 4.57. The quantitative estimate of drug-likeness (QED) is 0.751. The Morgan fingerprint density at radius 3 is 2.83 bits per heavy atom. The highest BCUT2D eigenvalue weighted by Crippen LogP contribution is 2.39. The van der Waals surface area contributed by atoms with Gasteiger partial charge in [-0.1, -0.05) is 0 Å². The molecule has 0 saturated carbocycles. The fourth-order valence-electron chi connectivity index (χ4n) is 1.43. The van der Waals surface area contributed by atoms with Crippen molar-refractivity contribution in [3.05, 3.63) is 21.9 Å². The van der Waals surface area contributed by atoms with E-state index in [1.54, 1.807) is 11.3 Å². The molecule has 0 amide bonds. The molecule has 1 aromatic rings. The first-order valence-corrected chi connectivity index (χ1v) is 6.05. The molecule has 1 aliphatic rings. The topological polar surface area (TPSA) is 20.2 Å². The number of aryl methyl sites for hydroxylation is 1. The summed E-state index contributed by atoms with van der Waals surface area (Å²) in [5.74, 6) is 1.96. The minimum Gasteiger partial charge on any atom is -0.383 e. The van der Waals surface area contributed by atoms with Gasteiger partial charge < -0.3 is 5.11 Å². The Balaban J connectivity index is 2.28. The van der Waals surface area contributed by atoms with Gasteiger partial charge in [-0.15, -0.1) is 11.3 Å². The molecular weight excluding hydrogens is 188 g/mol. The van der Waals surface area contributed by atoms with E-state index in [9.17, 15) is 5.11 Å². The van der Waals surface area contributed by atoms with Crippen molar-refractivity contribution in [3.63, 3.8) is 0 Å². The molecule has 1 nitrogen and oxygen atoms in total. The monoisotopic (exact) mass is 200 g/mol. The zero-order chi connectivity index (χ0) is 8.60. The highest BCUT2D eigenvalue weighted by Gasteiger charge is 2.34. The van der Waals surface area contributed by atoms with Crippen molar-refractivity contribution < 1.29 is 5.11 Å². The Morgan fingerprint density at radius 2 is 2.33 bits per heavy atom. The van der Waals surface area contributed by atoms with Crippen LogP contribution in [-0.2, 0) is 5.60 Å². The maximum Gasteiger partial charge on any atom is 0.108 e. The Morgan fingerprint density at radius 1 is 1.50 bits per heavy atom. The molecule has 1 aromatic heterocycles. The molecule has 1 unspecified atom stereocenters. The van der Waals surface area contributed by atoms with Gasteiger partial charge in [0, 0.05) is 15.5 Å². The highest BCUT2D eigenvalue weighted by molar-refractivity contribution is 7.99. The summed E-state index contributed by atoms with van der Waals surface area (Å²) >= 11 is 3.56. The molecule has 1 N–H and O–H groups in total. The zero-order valence-corrected chi connectivity index (χ0v) is 8.67. The number of thiophene rings is 1. The predicted octanol–water partition coefficient (Wildman–Crippen LogP) is 2.38. The van der Waals surface area contributed by atoms with Crippen molar-refractivity contribution in [2.75, 3.05) is 11.5 Å². The van der Waals surface area contributed by atoms with Crippen LogP contribution in [0.15, 0.2) is 12.1 Å². The summed E-state index contributed by atoms with van der Waals surface area (Å²) < 4.78 is 0. The molecule has 2 heterocycles. The Labute approximate surface area is 80.8 Å². The van der Waals surface area contributed by atoms with Gasteiger partial charge in [0.15, 0.2) is 0 Å². The summed E-state index contributed by atoms with van der Waals surface area (Å²) in [5, 5.41) is 10.2. The molecular formula is C9H12OS2. The summed E-state index contributed by atoms with van der Waals surface area (Å²) in [4.78, 5) is 2.43. The third kappa shape index (κ3) is 1.41. The maximum absolute atomic E-state index is 10.2. The number of hydrogen-bond acceptors (Lipinski definition) is 3. The van der Waals surface area contributed by atoms with Crippen LogP contribution >= 0.6 is 23.1 Å². The molecule has 0 aliphatic carbocycles. The zero-order valence-electron chi connectivity index (χ0n) is 7.04. The van der Waals surface area contributed by atoms with Crippen LogP contribution < -0.4 is 0 Å². The van der Waals surface area contributed by atoms with E-state index in [0.717, 1.165) is 22.8 Å². The second kappa shape index (κ2) is 3.05. The summed E-state index contributed by atoms with van der Waals surface area (Å²) in [6.45, 7) is 2.08. The SMILES string of the molecule is Cc1ccc(C2(O)CCSC2)s1. The smallest absolute Gasteiger partial charge is 0.108 e. The average molecular weight is 200 g/mol. The molecule has 1 fully saturated rings. The van der Waals surface area contributed by atoms with Crippen molar-refractivity contribution in [2.45, 2.75) is 18.9 Å². The van der Waals surface area contributed by atoms with Gasteiger partial charge in [0.1, 0.15) is 5.60 Å². The van der Waals surface area contributed by atoms with E-state index in [1.165, 1.54) is 4.88 Å². The first kappa shape index (κ1) is 8.60. The lowest BCUT2D eigenvalue weighted by Gasteiger charge is -2.18. The van der Waals surface area contributed by atoms with Crippen LogP contribution in [0.25, 0.3) is 0 Å². The van der Waals surface area contributed by atoms with E-state index in [0.29, 0.717) is 0 Å². The van der Waals surface area contributed by atoms with Gasteiger partial charge in [0.2, 0.25) is 0 Å². The molecule has 1 aliphatic heterocycles. The minimum absolute atomic E-state index is 0.510. The van der Waals surface area contributed by atoms with E-state index in [-0.39, 0.29) is 0 Å². The Kier molecular flexibility index (Phi) is 2.19. The Hall–Kier alpha value is 0.01000. The van der Waals surface area contributed by atoms with E-state index in [4.69, 9.17) is 0 Å². The lowest BCUT2D eigenvalue weighted by molar-refractivity contribution is 0.0696. The third-order valence-electron chi connectivity index (χ3n) is 2.20. The molecule has 0 spiro atoms. The van der Waals surface area contributed by atoms with Crippen LogP contribution in [0, 0.1) is 6.92 Å². The molecule has 66 valence electrons. The fraction of sp³-hybridized carbons (Fsp3) is 0.556. The van der Waals surface area contributed by atoms with Gasteiger partial charge in [-0.25, -0.2) is 0 Å². The van der Waals surface area contributed by atoms with E-state index in [1.807, 2.05) is 11.8 Å². The van der Waals surface area contributed by atoms with Gasteiger partial charge in [-0.3, -0.25) is 0 Å². The van der Waals surface area contributed by atoms with Crippen LogP contribution in [0.3, 0.4) is 0 Å². The minimum atomic E-state index is -0.510. The highest BCUT2D eigenvalue weighted by atomic mass is 32.2. The molecule has 2 rings (SSSR count). The number of thioether (sulfide) groups is 1. The van der Waals surface area contributed by atoms with Crippen LogP contribution in [0.4, 0.5) is 0 Å². The molecule has 0 radical (unpaired) electrons. The van der Waals surface area contributed by atoms with Gasteiger partial charge in [-0.2, -0.15) is 11.8 Å². The lowest BCUT2D eigenvalue weighted by Crippen LogP contribution is -2.22. The molecule has 0 aromatic carbocycles. The van der Waals surface area contributed by atoms with E-state index >= 15 is 0 Å². The molecule has 1 atom stereocenters. The lowest BCUT2D eigenvalue weighted by atomic mass is 10.0. The van der Waals surface area contributed by atoms with Crippen LogP contribution in [0.1, 0.15) is 16.2 Å². The number of aliphatic hydroxyl groups is 1. The first-order chi connectivity index (χ1) is 5.71. The van der Waals surface area contributed by atoms with Crippen LogP contribution in [0.2, 0.25) is 0 Å². The predicted molar refractivity (Wildman–Crippen MR) is 54.9 cm³/mol. The second-order valence-corrected chi connectivity index (χ2v) is 5.64. The van der Waals surface area contributed by atoms with Crippen molar-refractivity contribution in [3.8, 4) is 0 Å². The summed E-state index contributed by atoms with van der Waals surface area (Å²) in [6, 6.07) is 4.15. The molecule has 12 heavy (non-hydrogen) atoms. The number of rotatable bonds is 1. The van der Waals surface area contributed by atoms with Crippen molar-refractivity contribution >= 4 is 23.1 Å². The first-order valence-electron chi connectivity index (χ1n) is 4.08. The van der Waals surface area contributed by atoms with E-state index < -0.39 is 5.60 Å². The fourth-order valence-corrected chi connectivity index (χ4v) is 3.77. The Bertz CT molecular complexity index is 274. The molecule has 1 saturated heterocycles. The van der Waals surface area contributed by atoms with Gasteiger partial charge in [0.05, 0.1) is 0 Å². The van der Waals surface area contributed by atoms with Gasteiger partial charge in [-0.05, 0) is 31.2 Å². The van der Waals surface area contributed by atoms with Crippen molar-refractivity contribution in [1.82, 2.24) is 0 Å². The standard InChI is InChI=1S/C9H12OS2/c1-7-2-3-8(12-7)9(10)4-5-11-6-9/h2-3,10H,4-6H2,1H3. The second-order valence-electron chi connectivity index (χ2n) is 3.24. The normalized spacial score (nSPS) is 29.5. The van der Waals surface area contributed by atoms with Crippen LogP contribution in [0.5, 0.6) is 0 Å². The van der Waals surface area contributed by atoms with Gasteiger partial charge in [0.25, 0.3) is 0 Å². The summed E-state index contributed by atoms with van der Waals surface area (Å²) in [6.07, 6.45) is 0.914. The van der Waals surface area contributed by atoms with Gasteiger partial charge >= 0.3 is 0 Å². The maximum atomic E-state index is 10.2.